The number of hydrogen-bond donors (Lipinski definition) is 2. The van der Waals surface area contributed by atoms with E-state index in [1.165, 1.54) is 6.07 Å². The van der Waals surface area contributed by atoms with Gasteiger partial charge in [-0.2, -0.15) is 5.10 Å². The van der Waals surface area contributed by atoms with Crippen molar-refractivity contribution in [3.8, 4) is 0 Å². The van der Waals surface area contributed by atoms with Gasteiger partial charge in [0.1, 0.15) is 11.9 Å². The number of ether oxygens (including phenoxy) is 1. The van der Waals surface area contributed by atoms with Crippen LogP contribution in [0.2, 0.25) is 0 Å². The van der Waals surface area contributed by atoms with Gasteiger partial charge in [-0.25, -0.2) is 4.39 Å². The van der Waals surface area contributed by atoms with Gasteiger partial charge in [-0.3, -0.25) is 14.5 Å². The number of halogens is 2. The first-order valence-corrected chi connectivity index (χ1v) is 10.2. The molecule has 0 radical (unpaired) electrons. The van der Waals surface area contributed by atoms with Crippen molar-refractivity contribution >= 4 is 35.8 Å². The number of aryl methyl sites for hydroxylation is 2. The number of guanidine groups is 1. The highest BCUT2D eigenvalue weighted by molar-refractivity contribution is 14.0. The number of rotatable bonds is 6. The third kappa shape index (κ3) is 6.89. The molecule has 31 heavy (non-hydrogen) atoms. The summed E-state index contributed by atoms with van der Waals surface area (Å²) in [5.41, 5.74) is 1.86. The van der Waals surface area contributed by atoms with Crippen molar-refractivity contribution in [1.82, 2.24) is 25.3 Å². The smallest absolute Gasteiger partial charge is 0.251 e. The van der Waals surface area contributed by atoms with E-state index in [2.05, 4.69) is 25.6 Å². The minimum absolute atomic E-state index is 0. The summed E-state index contributed by atoms with van der Waals surface area (Å²) in [5.74, 6) is 0.0908. The third-order valence-corrected chi connectivity index (χ3v) is 4.89. The first kappa shape index (κ1) is 25.1. The van der Waals surface area contributed by atoms with Gasteiger partial charge >= 0.3 is 0 Å². The first-order chi connectivity index (χ1) is 14.5. The number of aromatic nitrogens is 2. The number of carbonyl (C=O) groups is 1. The second-order valence-electron chi connectivity index (χ2n) is 7.21. The molecule has 2 aromatic rings. The first-order valence-electron chi connectivity index (χ1n) is 10.2. The molecule has 3 rings (SSSR count). The van der Waals surface area contributed by atoms with Crippen LogP contribution in [0.1, 0.15) is 34.5 Å². The molecule has 2 N–H and O–H groups in total. The van der Waals surface area contributed by atoms with E-state index in [4.69, 9.17) is 4.74 Å². The fraction of sp³-hybridized carbons (Fsp3) is 0.476. The van der Waals surface area contributed by atoms with Gasteiger partial charge in [0.2, 0.25) is 0 Å². The molecule has 1 aromatic heterocycles. The number of nitrogens with one attached hydrogen (secondary N) is 2. The van der Waals surface area contributed by atoms with Crippen LogP contribution in [0.5, 0.6) is 0 Å². The van der Waals surface area contributed by atoms with Crippen LogP contribution in [0.3, 0.4) is 0 Å². The van der Waals surface area contributed by atoms with E-state index < -0.39 is 0 Å². The molecular formula is C21H30FIN6O2. The van der Waals surface area contributed by atoms with Gasteiger partial charge in [0.15, 0.2) is 5.96 Å². The summed E-state index contributed by atoms with van der Waals surface area (Å²) in [7, 11) is 1.88. The maximum Gasteiger partial charge on any atom is 0.251 e. The van der Waals surface area contributed by atoms with Crippen LogP contribution >= 0.6 is 24.0 Å². The number of amides is 1. The van der Waals surface area contributed by atoms with E-state index in [9.17, 15) is 9.18 Å². The van der Waals surface area contributed by atoms with Crippen molar-refractivity contribution in [1.29, 1.82) is 0 Å². The highest BCUT2D eigenvalue weighted by Crippen LogP contribution is 2.21. The molecule has 8 nitrogen and oxygen atoms in total. The Hall–Kier alpha value is -2.21. The third-order valence-electron chi connectivity index (χ3n) is 4.89. The standard InChI is InChI=1S/C21H29FN6O2.HI/c1-4-23-21(28-9-10-30-19(14-28)17-12-26-27(3)13-17)25-8-7-24-20(29)16-6-5-15(2)18(22)11-16;/h5-6,11-13,19H,4,7-10,14H2,1-3H3,(H,23,25)(H,24,29);1H. The molecule has 0 bridgehead atoms. The van der Waals surface area contributed by atoms with Gasteiger partial charge in [-0.05, 0) is 31.5 Å². The summed E-state index contributed by atoms with van der Waals surface area (Å²) >= 11 is 0. The SMILES string of the molecule is CCNC(=NCCNC(=O)c1ccc(C)c(F)c1)N1CCOC(c2cnn(C)c2)C1.I. The Balaban J connectivity index is 0.00000341. The predicted octanol–water partition coefficient (Wildman–Crippen LogP) is 2.25. The Labute approximate surface area is 199 Å². The lowest BCUT2D eigenvalue weighted by Gasteiger charge is -2.34. The van der Waals surface area contributed by atoms with E-state index in [-0.39, 0.29) is 41.8 Å². The lowest BCUT2D eigenvalue weighted by atomic mass is 10.1. The minimum Gasteiger partial charge on any atom is -0.370 e. The summed E-state index contributed by atoms with van der Waals surface area (Å²) in [6.07, 6.45) is 3.72. The van der Waals surface area contributed by atoms with E-state index in [1.807, 2.05) is 26.4 Å². The quantitative estimate of drug-likeness (QED) is 0.253. The molecule has 1 amide bonds. The Kier molecular flexibility index (Phi) is 9.69. The van der Waals surface area contributed by atoms with Crippen LogP contribution in [0.4, 0.5) is 4.39 Å². The van der Waals surface area contributed by atoms with Crippen LogP contribution in [0.15, 0.2) is 35.6 Å². The molecule has 10 heteroatoms. The Morgan fingerprint density at radius 2 is 2.19 bits per heavy atom. The van der Waals surface area contributed by atoms with E-state index in [0.717, 1.165) is 24.6 Å². The molecule has 0 saturated carbocycles. The summed E-state index contributed by atoms with van der Waals surface area (Å²) in [6, 6.07) is 4.47. The lowest BCUT2D eigenvalue weighted by molar-refractivity contribution is -0.00803. The number of morpholine rings is 1. The second-order valence-corrected chi connectivity index (χ2v) is 7.21. The Morgan fingerprint density at radius 1 is 1.39 bits per heavy atom. The number of hydrogen-bond acceptors (Lipinski definition) is 4. The van der Waals surface area contributed by atoms with Gasteiger partial charge in [-0.1, -0.05) is 6.07 Å². The zero-order valence-electron chi connectivity index (χ0n) is 18.1. The zero-order valence-corrected chi connectivity index (χ0v) is 20.4. The molecule has 2 heterocycles. The molecular weight excluding hydrogens is 514 g/mol. The second kappa shape index (κ2) is 12.0. The van der Waals surface area contributed by atoms with Gasteiger partial charge in [-0.15, -0.1) is 24.0 Å². The normalized spacial score (nSPS) is 16.6. The molecule has 1 aliphatic heterocycles. The summed E-state index contributed by atoms with van der Waals surface area (Å²) < 4.78 is 21.3. The molecule has 170 valence electrons. The van der Waals surface area contributed by atoms with Crippen LogP contribution < -0.4 is 10.6 Å². The molecule has 1 atom stereocenters. The van der Waals surface area contributed by atoms with E-state index >= 15 is 0 Å². The summed E-state index contributed by atoms with van der Waals surface area (Å²) in [4.78, 5) is 19.0. The minimum atomic E-state index is -0.384. The van der Waals surface area contributed by atoms with Crippen molar-refractivity contribution in [3.05, 3.63) is 53.1 Å². The number of nitrogens with zero attached hydrogens (tertiary/aromatic N) is 4. The largest absolute Gasteiger partial charge is 0.370 e. The molecule has 1 aromatic carbocycles. The van der Waals surface area contributed by atoms with Gasteiger partial charge < -0.3 is 20.3 Å². The van der Waals surface area contributed by atoms with Gasteiger partial charge in [0.25, 0.3) is 5.91 Å². The predicted molar refractivity (Wildman–Crippen MR) is 128 cm³/mol. The van der Waals surface area contributed by atoms with Crippen molar-refractivity contribution in [3.63, 3.8) is 0 Å². The summed E-state index contributed by atoms with van der Waals surface area (Å²) in [5, 5.41) is 10.3. The Bertz CT molecular complexity index is 904. The van der Waals surface area contributed by atoms with Crippen LogP contribution in [-0.2, 0) is 11.8 Å². The molecule has 1 fully saturated rings. The number of aliphatic imine (C=N–C) groups is 1. The summed E-state index contributed by atoms with van der Waals surface area (Å²) in [6.45, 7) is 7.20. The van der Waals surface area contributed by atoms with E-state index in [0.29, 0.717) is 37.4 Å². The fourth-order valence-electron chi connectivity index (χ4n) is 3.24. The highest BCUT2D eigenvalue weighted by Gasteiger charge is 2.25. The van der Waals surface area contributed by atoms with Crippen LogP contribution in [0, 0.1) is 12.7 Å². The average molecular weight is 544 g/mol. The van der Waals surface area contributed by atoms with Crippen molar-refractivity contribution < 1.29 is 13.9 Å². The molecule has 1 aliphatic rings. The average Bonchev–Trinajstić information content (AvgIpc) is 3.18. The van der Waals surface area contributed by atoms with Crippen molar-refractivity contribution in [2.24, 2.45) is 12.0 Å². The van der Waals surface area contributed by atoms with Crippen molar-refractivity contribution in [2.75, 3.05) is 39.3 Å². The van der Waals surface area contributed by atoms with Crippen LogP contribution in [0.25, 0.3) is 0 Å². The molecule has 1 unspecified atom stereocenters. The number of carbonyl (C=O) groups excluding carboxylic acids is 1. The van der Waals surface area contributed by atoms with Gasteiger partial charge in [0.05, 0.1) is 25.9 Å². The maximum atomic E-state index is 13.6. The molecule has 0 spiro atoms. The van der Waals surface area contributed by atoms with Gasteiger partial charge in [0, 0.05) is 44.0 Å². The maximum absolute atomic E-state index is 13.6. The monoisotopic (exact) mass is 544 g/mol. The van der Waals surface area contributed by atoms with Crippen LogP contribution in [-0.4, -0.2) is 65.9 Å². The topological polar surface area (TPSA) is 83.8 Å². The Morgan fingerprint density at radius 3 is 2.87 bits per heavy atom. The number of benzene rings is 1. The zero-order chi connectivity index (χ0) is 21.5. The molecule has 1 saturated heterocycles. The fourth-order valence-corrected chi connectivity index (χ4v) is 3.24. The molecule has 0 aliphatic carbocycles. The lowest BCUT2D eigenvalue weighted by Crippen LogP contribution is -2.48. The van der Waals surface area contributed by atoms with Crippen molar-refractivity contribution in [2.45, 2.75) is 20.0 Å². The van der Waals surface area contributed by atoms with E-state index in [1.54, 1.807) is 23.7 Å². The highest BCUT2D eigenvalue weighted by atomic mass is 127.